The molecule has 92 valence electrons. The van der Waals surface area contributed by atoms with Gasteiger partial charge in [0.25, 0.3) is 0 Å². The van der Waals surface area contributed by atoms with Gasteiger partial charge in [0.15, 0.2) is 0 Å². The highest BCUT2D eigenvalue weighted by Crippen LogP contribution is 2.59. The van der Waals surface area contributed by atoms with E-state index < -0.39 is 0 Å². The average Bonchev–Trinajstić information content (AvgIpc) is 3.11. The minimum Gasteiger partial charge on any atom is -0.330 e. The molecule has 1 aromatic rings. The Morgan fingerprint density at radius 2 is 2.18 bits per heavy atom. The molecule has 0 aliphatic heterocycles. The standard InChI is InChI=1S/C16H23N/c1-12-4-5-13-6-7-14(3-2-10-17)16(8-9-16)15(13)11-12/h4-5,11,14H,2-3,6-10,17H2,1H3. The highest BCUT2D eigenvalue weighted by Gasteiger charge is 2.52. The van der Waals surface area contributed by atoms with Crippen molar-refractivity contribution in [2.24, 2.45) is 11.7 Å². The quantitative estimate of drug-likeness (QED) is 0.845. The molecule has 0 radical (unpaired) electrons. The van der Waals surface area contributed by atoms with Gasteiger partial charge in [-0.1, -0.05) is 23.8 Å². The van der Waals surface area contributed by atoms with Crippen molar-refractivity contribution in [1.29, 1.82) is 0 Å². The van der Waals surface area contributed by atoms with Crippen LogP contribution in [0.3, 0.4) is 0 Å². The Labute approximate surface area is 104 Å². The molecule has 1 aromatic carbocycles. The number of rotatable bonds is 3. The van der Waals surface area contributed by atoms with Crippen LogP contribution in [0.25, 0.3) is 0 Å². The molecule has 1 nitrogen and oxygen atoms in total. The Hall–Kier alpha value is -0.820. The lowest BCUT2D eigenvalue weighted by molar-refractivity contribution is 0.325. The SMILES string of the molecule is Cc1ccc2c(c1)C1(CC1)C(CCCN)CC2. The summed E-state index contributed by atoms with van der Waals surface area (Å²) in [4.78, 5) is 0. The molecule has 2 aliphatic carbocycles. The molecule has 1 heteroatoms. The molecular weight excluding hydrogens is 206 g/mol. The second-order valence-corrected chi connectivity index (χ2v) is 5.98. The van der Waals surface area contributed by atoms with Crippen molar-refractivity contribution in [3.8, 4) is 0 Å². The van der Waals surface area contributed by atoms with Crippen LogP contribution < -0.4 is 5.73 Å². The molecule has 1 unspecified atom stereocenters. The van der Waals surface area contributed by atoms with Crippen molar-refractivity contribution < 1.29 is 0 Å². The molecule has 1 fully saturated rings. The van der Waals surface area contributed by atoms with E-state index in [9.17, 15) is 0 Å². The molecule has 0 heterocycles. The van der Waals surface area contributed by atoms with Crippen molar-refractivity contribution >= 4 is 0 Å². The fourth-order valence-corrected chi connectivity index (χ4v) is 3.79. The van der Waals surface area contributed by atoms with Gasteiger partial charge in [-0.2, -0.15) is 0 Å². The summed E-state index contributed by atoms with van der Waals surface area (Å²) in [6.45, 7) is 3.08. The smallest absolute Gasteiger partial charge is 0.00152 e. The molecule has 0 aromatic heterocycles. The zero-order chi connectivity index (χ0) is 11.9. The van der Waals surface area contributed by atoms with E-state index >= 15 is 0 Å². The van der Waals surface area contributed by atoms with Crippen molar-refractivity contribution in [2.45, 2.75) is 50.9 Å². The third-order valence-electron chi connectivity index (χ3n) is 4.89. The summed E-state index contributed by atoms with van der Waals surface area (Å²) < 4.78 is 0. The fraction of sp³-hybridized carbons (Fsp3) is 0.625. The maximum absolute atomic E-state index is 5.67. The summed E-state index contributed by atoms with van der Waals surface area (Å²) in [5.41, 5.74) is 11.0. The largest absolute Gasteiger partial charge is 0.330 e. The number of hydrogen-bond acceptors (Lipinski definition) is 1. The highest BCUT2D eigenvalue weighted by atomic mass is 14.6. The summed E-state index contributed by atoms with van der Waals surface area (Å²) in [5.74, 6) is 0.903. The number of nitrogens with two attached hydrogens (primary N) is 1. The van der Waals surface area contributed by atoms with Gasteiger partial charge in [-0.25, -0.2) is 0 Å². The van der Waals surface area contributed by atoms with Gasteiger partial charge in [0.05, 0.1) is 0 Å². The van der Waals surface area contributed by atoms with E-state index in [1.807, 2.05) is 0 Å². The van der Waals surface area contributed by atoms with Crippen molar-refractivity contribution in [3.05, 3.63) is 34.9 Å². The van der Waals surface area contributed by atoms with Gasteiger partial charge >= 0.3 is 0 Å². The Morgan fingerprint density at radius 1 is 1.35 bits per heavy atom. The lowest BCUT2D eigenvalue weighted by Crippen LogP contribution is -2.28. The Morgan fingerprint density at radius 3 is 2.88 bits per heavy atom. The summed E-state index contributed by atoms with van der Waals surface area (Å²) in [6.07, 6.45) is 8.04. The molecule has 1 saturated carbocycles. The van der Waals surface area contributed by atoms with Gasteiger partial charge in [0, 0.05) is 0 Å². The Bertz CT molecular complexity index is 418. The minimum absolute atomic E-state index is 0.564. The first-order valence-corrected chi connectivity index (χ1v) is 7.06. The van der Waals surface area contributed by atoms with Crippen molar-refractivity contribution in [1.82, 2.24) is 0 Å². The highest BCUT2D eigenvalue weighted by molar-refractivity contribution is 5.44. The molecule has 2 aliphatic rings. The van der Waals surface area contributed by atoms with Crippen LogP contribution in [0, 0.1) is 12.8 Å². The lowest BCUT2D eigenvalue weighted by Gasteiger charge is -2.34. The van der Waals surface area contributed by atoms with Crippen LogP contribution in [-0.4, -0.2) is 6.54 Å². The van der Waals surface area contributed by atoms with Crippen molar-refractivity contribution in [2.75, 3.05) is 6.54 Å². The average molecular weight is 229 g/mol. The summed E-state index contributed by atoms with van der Waals surface area (Å²) in [6, 6.07) is 7.09. The Kier molecular flexibility index (Phi) is 2.74. The molecule has 2 N–H and O–H groups in total. The number of hydrogen-bond donors (Lipinski definition) is 1. The first-order valence-electron chi connectivity index (χ1n) is 7.06. The predicted molar refractivity (Wildman–Crippen MR) is 72.2 cm³/mol. The number of benzene rings is 1. The zero-order valence-corrected chi connectivity index (χ0v) is 10.8. The molecule has 1 atom stereocenters. The fourth-order valence-electron chi connectivity index (χ4n) is 3.79. The van der Waals surface area contributed by atoms with Crippen LogP contribution >= 0.6 is 0 Å². The van der Waals surface area contributed by atoms with Crippen LogP contribution in [0.1, 0.15) is 48.8 Å². The first kappa shape index (κ1) is 11.3. The molecule has 0 bridgehead atoms. The van der Waals surface area contributed by atoms with E-state index in [1.165, 1.54) is 44.1 Å². The predicted octanol–water partition coefficient (Wildman–Crippen LogP) is 3.33. The first-order chi connectivity index (χ1) is 8.26. The van der Waals surface area contributed by atoms with E-state index in [0.717, 1.165) is 12.5 Å². The van der Waals surface area contributed by atoms with Crippen LogP contribution in [0.2, 0.25) is 0 Å². The van der Waals surface area contributed by atoms with Crippen LogP contribution in [0.15, 0.2) is 18.2 Å². The van der Waals surface area contributed by atoms with Gasteiger partial charge in [-0.05, 0) is 74.5 Å². The van der Waals surface area contributed by atoms with Gasteiger partial charge in [-0.15, -0.1) is 0 Å². The van der Waals surface area contributed by atoms with Gasteiger partial charge in [-0.3, -0.25) is 0 Å². The Balaban J connectivity index is 1.91. The van der Waals surface area contributed by atoms with E-state index in [-0.39, 0.29) is 0 Å². The molecular formula is C16H23N. The van der Waals surface area contributed by atoms with Crippen LogP contribution in [-0.2, 0) is 11.8 Å². The summed E-state index contributed by atoms with van der Waals surface area (Å²) in [5, 5.41) is 0. The topological polar surface area (TPSA) is 26.0 Å². The molecule has 0 amide bonds. The molecule has 3 rings (SSSR count). The monoisotopic (exact) mass is 229 g/mol. The zero-order valence-electron chi connectivity index (χ0n) is 10.8. The second kappa shape index (κ2) is 4.13. The second-order valence-electron chi connectivity index (χ2n) is 5.98. The molecule has 1 spiro atoms. The van der Waals surface area contributed by atoms with E-state index in [1.54, 1.807) is 11.1 Å². The maximum atomic E-state index is 5.67. The van der Waals surface area contributed by atoms with E-state index in [2.05, 4.69) is 25.1 Å². The van der Waals surface area contributed by atoms with E-state index in [4.69, 9.17) is 5.73 Å². The van der Waals surface area contributed by atoms with Gasteiger partial charge in [0.1, 0.15) is 0 Å². The molecule has 0 saturated heterocycles. The summed E-state index contributed by atoms with van der Waals surface area (Å²) >= 11 is 0. The number of fused-ring (bicyclic) bond motifs is 2. The van der Waals surface area contributed by atoms with E-state index in [0.29, 0.717) is 5.41 Å². The van der Waals surface area contributed by atoms with Crippen LogP contribution in [0.4, 0.5) is 0 Å². The van der Waals surface area contributed by atoms with Crippen LogP contribution in [0.5, 0.6) is 0 Å². The maximum Gasteiger partial charge on any atom is -0.00152 e. The van der Waals surface area contributed by atoms with Gasteiger partial charge in [0.2, 0.25) is 0 Å². The third-order valence-corrected chi connectivity index (χ3v) is 4.89. The van der Waals surface area contributed by atoms with Crippen molar-refractivity contribution in [3.63, 3.8) is 0 Å². The normalized spacial score (nSPS) is 24.7. The lowest BCUT2D eigenvalue weighted by atomic mass is 9.70. The van der Waals surface area contributed by atoms with Gasteiger partial charge < -0.3 is 5.73 Å². The number of aryl methyl sites for hydroxylation is 2. The third kappa shape index (κ3) is 1.81. The molecule has 17 heavy (non-hydrogen) atoms. The summed E-state index contributed by atoms with van der Waals surface area (Å²) in [7, 11) is 0. The minimum atomic E-state index is 0.564.